The van der Waals surface area contributed by atoms with Crippen molar-refractivity contribution in [1.82, 2.24) is 10.2 Å². The standard InChI is InChI=1S/C16H27N3O3/c1-13(17)16(20)18-12-14-5-4-6-15(11-14)22-10-8-19(2)7-9-21-3/h4-6,11,13H,7-10,12,17H2,1-3H3,(H,18,20)/t13-/m1/s1. The number of amides is 1. The number of likely N-dealkylation sites (N-methyl/N-ethyl adjacent to an activating group) is 1. The van der Waals surface area contributed by atoms with Gasteiger partial charge >= 0.3 is 0 Å². The van der Waals surface area contributed by atoms with Crippen molar-refractivity contribution in [3.63, 3.8) is 0 Å². The van der Waals surface area contributed by atoms with Crippen molar-refractivity contribution in [3.05, 3.63) is 29.8 Å². The minimum atomic E-state index is -0.498. The van der Waals surface area contributed by atoms with E-state index in [0.717, 1.165) is 24.4 Å². The first-order valence-corrected chi connectivity index (χ1v) is 7.45. The first kappa shape index (κ1) is 18.4. The summed E-state index contributed by atoms with van der Waals surface area (Å²) in [5.41, 5.74) is 6.49. The van der Waals surface area contributed by atoms with E-state index in [9.17, 15) is 4.79 Å². The van der Waals surface area contributed by atoms with Gasteiger partial charge in [-0.2, -0.15) is 0 Å². The van der Waals surface area contributed by atoms with E-state index in [0.29, 0.717) is 19.8 Å². The van der Waals surface area contributed by atoms with Crippen molar-refractivity contribution in [2.75, 3.05) is 40.5 Å². The third kappa shape index (κ3) is 7.40. The Morgan fingerprint density at radius 1 is 1.36 bits per heavy atom. The van der Waals surface area contributed by atoms with Gasteiger partial charge in [0.1, 0.15) is 12.4 Å². The summed E-state index contributed by atoms with van der Waals surface area (Å²) in [6, 6.07) is 7.20. The number of rotatable bonds is 10. The maximum absolute atomic E-state index is 11.5. The highest BCUT2D eigenvalue weighted by Gasteiger charge is 2.06. The van der Waals surface area contributed by atoms with Crippen LogP contribution in [0.25, 0.3) is 0 Å². The Bertz CT molecular complexity index is 452. The number of ether oxygens (including phenoxy) is 2. The molecule has 22 heavy (non-hydrogen) atoms. The van der Waals surface area contributed by atoms with E-state index in [1.807, 2.05) is 31.3 Å². The highest BCUT2D eigenvalue weighted by Crippen LogP contribution is 2.13. The zero-order valence-electron chi connectivity index (χ0n) is 13.7. The predicted octanol–water partition coefficient (Wildman–Crippen LogP) is 0.607. The number of benzene rings is 1. The molecule has 6 nitrogen and oxygen atoms in total. The number of nitrogens with zero attached hydrogens (tertiary/aromatic N) is 1. The lowest BCUT2D eigenvalue weighted by Gasteiger charge is -2.16. The van der Waals surface area contributed by atoms with Gasteiger partial charge in [0.05, 0.1) is 12.6 Å². The predicted molar refractivity (Wildman–Crippen MR) is 86.8 cm³/mol. The topological polar surface area (TPSA) is 76.8 Å². The first-order chi connectivity index (χ1) is 10.5. The molecule has 3 N–H and O–H groups in total. The molecule has 0 saturated carbocycles. The van der Waals surface area contributed by atoms with Crippen LogP contribution in [0.15, 0.2) is 24.3 Å². The Labute approximate surface area is 132 Å². The Morgan fingerprint density at radius 2 is 2.09 bits per heavy atom. The summed E-state index contributed by atoms with van der Waals surface area (Å²) in [6.45, 7) is 5.14. The molecule has 0 aliphatic carbocycles. The smallest absolute Gasteiger partial charge is 0.236 e. The molecule has 0 radical (unpaired) electrons. The van der Waals surface area contributed by atoms with Gasteiger partial charge in [0.2, 0.25) is 5.91 Å². The summed E-state index contributed by atoms with van der Waals surface area (Å²) in [4.78, 5) is 13.6. The summed E-state index contributed by atoms with van der Waals surface area (Å²) in [7, 11) is 3.72. The van der Waals surface area contributed by atoms with Crippen LogP contribution >= 0.6 is 0 Å². The van der Waals surface area contributed by atoms with Crippen molar-refractivity contribution in [2.45, 2.75) is 19.5 Å². The Balaban J connectivity index is 2.36. The van der Waals surface area contributed by atoms with Crippen molar-refractivity contribution in [1.29, 1.82) is 0 Å². The van der Waals surface area contributed by atoms with Crippen LogP contribution in [0.4, 0.5) is 0 Å². The Kier molecular flexibility index (Phi) is 8.50. The van der Waals surface area contributed by atoms with Crippen LogP contribution in [-0.4, -0.2) is 57.3 Å². The van der Waals surface area contributed by atoms with Crippen molar-refractivity contribution < 1.29 is 14.3 Å². The summed E-state index contributed by atoms with van der Waals surface area (Å²) in [6.07, 6.45) is 0. The van der Waals surface area contributed by atoms with Gasteiger partial charge in [-0.25, -0.2) is 0 Å². The maximum atomic E-state index is 11.5. The minimum absolute atomic E-state index is 0.161. The third-order valence-corrected chi connectivity index (χ3v) is 3.20. The lowest BCUT2D eigenvalue weighted by molar-refractivity contribution is -0.122. The molecule has 1 aromatic carbocycles. The molecule has 0 spiro atoms. The molecule has 1 atom stereocenters. The molecule has 0 aromatic heterocycles. The quantitative estimate of drug-likeness (QED) is 0.662. The normalized spacial score (nSPS) is 12.2. The SMILES string of the molecule is COCCN(C)CCOc1cccc(CNC(=O)[C@@H](C)N)c1. The van der Waals surface area contributed by atoms with Crippen molar-refractivity contribution in [2.24, 2.45) is 5.73 Å². The Morgan fingerprint density at radius 3 is 2.77 bits per heavy atom. The monoisotopic (exact) mass is 309 g/mol. The second-order valence-electron chi connectivity index (χ2n) is 5.30. The number of carbonyl (C=O) groups excluding carboxylic acids is 1. The highest BCUT2D eigenvalue weighted by molar-refractivity contribution is 5.80. The number of nitrogens with two attached hydrogens (primary N) is 1. The van der Waals surface area contributed by atoms with Crippen LogP contribution in [0, 0.1) is 0 Å². The van der Waals surface area contributed by atoms with Gasteiger partial charge in [-0.05, 0) is 31.7 Å². The van der Waals surface area contributed by atoms with E-state index in [1.54, 1.807) is 14.0 Å². The summed E-state index contributed by atoms with van der Waals surface area (Å²) in [5, 5.41) is 2.78. The molecule has 0 fully saturated rings. The largest absolute Gasteiger partial charge is 0.492 e. The number of methoxy groups -OCH3 is 1. The van der Waals surface area contributed by atoms with Crippen molar-refractivity contribution >= 4 is 5.91 Å². The van der Waals surface area contributed by atoms with Crippen LogP contribution in [0.2, 0.25) is 0 Å². The van der Waals surface area contributed by atoms with E-state index in [1.165, 1.54) is 0 Å². The molecule has 0 aliphatic heterocycles. The van der Waals surface area contributed by atoms with Gasteiger partial charge in [0, 0.05) is 26.7 Å². The molecule has 124 valence electrons. The van der Waals surface area contributed by atoms with E-state index in [4.69, 9.17) is 15.2 Å². The molecule has 0 unspecified atom stereocenters. The molecule has 0 bridgehead atoms. The first-order valence-electron chi connectivity index (χ1n) is 7.45. The molecular weight excluding hydrogens is 282 g/mol. The second kappa shape index (κ2) is 10.2. The van der Waals surface area contributed by atoms with Crippen LogP contribution in [0.3, 0.4) is 0 Å². The van der Waals surface area contributed by atoms with Gasteiger partial charge in [0.15, 0.2) is 0 Å². The van der Waals surface area contributed by atoms with Crippen LogP contribution in [0.1, 0.15) is 12.5 Å². The molecular formula is C16H27N3O3. The Hall–Kier alpha value is -1.63. The van der Waals surface area contributed by atoms with Gasteiger partial charge < -0.3 is 25.4 Å². The minimum Gasteiger partial charge on any atom is -0.492 e. The molecule has 1 rings (SSSR count). The lowest BCUT2D eigenvalue weighted by Crippen LogP contribution is -2.37. The van der Waals surface area contributed by atoms with Gasteiger partial charge in [0.25, 0.3) is 0 Å². The maximum Gasteiger partial charge on any atom is 0.236 e. The molecule has 6 heteroatoms. The fraction of sp³-hybridized carbons (Fsp3) is 0.562. The number of carbonyl (C=O) groups is 1. The summed E-state index contributed by atoms with van der Waals surface area (Å²) in [5.74, 6) is 0.638. The molecule has 1 amide bonds. The fourth-order valence-electron chi connectivity index (χ4n) is 1.77. The van der Waals surface area contributed by atoms with Crippen LogP contribution < -0.4 is 15.8 Å². The van der Waals surface area contributed by atoms with Crippen LogP contribution in [-0.2, 0) is 16.1 Å². The van der Waals surface area contributed by atoms with E-state index < -0.39 is 6.04 Å². The highest BCUT2D eigenvalue weighted by atomic mass is 16.5. The van der Waals surface area contributed by atoms with Gasteiger partial charge in [-0.15, -0.1) is 0 Å². The van der Waals surface area contributed by atoms with Gasteiger partial charge in [-0.1, -0.05) is 12.1 Å². The number of hydrogen-bond acceptors (Lipinski definition) is 5. The van der Waals surface area contributed by atoms with Crippen molar-refractivity contribution in [3.8, 4) is 5.75 Å². The van der Waals surface area contributed by atoms with E-state index in [-0.39, 0.29) is 5.91 Å². The molecule has 0 aliphatic rings. The number of nitrogens with one attached hydrogen (secondary N) is 1. The fourth-order valence-corrected chi connectivity index (χ4v) is 1.77. The molecule has 0 heterocycles. The molecule has 1 aromatic rings. The second-order valence-corrected chi connectivity index (χ2v) is 5.30. The summed E-state index contributed by atoms with van der Waals surface area (Å²) >= 11 is 0. The summed E-state index contributed by atoms with van der Waals surface area (Å²) < 4.78 is 10.8. The van der Waals surface area contributed by atoms with E-state index >= 15 is 0 Å². The zero-order chi connectivity index (χ0) is 16.4. The third-order valence-electron chi connectivity index (χ3n) is 3.20. The zero-order valence-corrected chi connectivity index (χ0v) is 13.7. The van der Waals surface area contributed by atoms with E-state index in [2.05, 4.69) is 10.2 Å². The average Bonchev–Trinajstić information content (AvgIpc) is 2.51. The molecule has 0 saturated heterocycles. The average molecular weight is 309 g/mol. The van der Waals surface area contributed by atoms with Gasteiger partial charge in [-0.3, -0.25) is 4.79 Å². The number of hydrogen-bond donors (Lipinski definition) is 2. The van der Waals surface area contributed by atoms with Crippen LogP contribution in [0.5, 0.6) is 5.75 Å². The lowest BCUT2D eigenvalue weighted by atomic mass is 10.2.